The third-order valence-corrected chi connectivity index (χ3v) is 9.74. The van der Waals surface area contributed by atoms with Crippen molar-refractivity contribution in [2.24, 2.45) is 4.99 Å². The predicted octanol–water partition coefficient (Wildman–Crippen LogP) is 13.1. The number of aliphatic imine (C=N–C) groups is 1. The van der Waals surface area contributed by atoms with E-state index in [0.717, 1.165) is 58.4 Å². The van der Waals surface area contributed by atoms with Gasteiger partial charge in [0.2, 0.25) is 0 Å². The van der Waals surface area contributed by atoms with Gasteiger partial charge in [-0.25, -0.2) is 0 Å². The maximum atomic E-state index is 7.45. The van der Waals surface area contributed by atoms with E-state index in [2.05, 4.69) is 152 Å². The number of hydrogen-bond acceptors (Lipinski definition) is 4. The van der Waals surface area contributed by atoms with Gasteiger partial charge in [-0.15, -0.1) is 0 Å². The van der Waals surface area contributed by atoms with E-state index in [4.69, 9.17) is 16.6 Å². The number of rotatable bonds is 9. The van der Waals surface area contributed by atoms with Gasteiger partial charge in [-0.05, 0) is 111 Å². The zero-order valence-corrected chi connectivity index (χ0v) is 28.1. The number of allylic oxidation sites excluding steroid dienone is 4. The minimum atomic E-state index is 0.667. The first-order valence-corrected chi connectivity index (χ1v) is 17.0. The summed E-state index contributed by atoms with van der Waals surface area (Å²) in [5.41, 5.74) is 9.64. The van der Waals surface area contributed by atoms with E-state index in [-0.39, 0.29) is 0 Å². The fourth-order valence-electron chi connectivity index (χ4n) is 5.70. The van der Waals surface area contributed by atoms with Crippen molar-refractivity contribution in [3.63, 3.8) is 0 Å². The lowest BCUT2D eigenvalue weighted by atomic mass is 10.1. The van der Waals surface area contributed by atoms with Crippen LogP contribution in [0.3, 0.4) is 0 Å². The second kappa shape index (κ2) is 14.7. The average Bonchev–Trinajstić information content (AvgIpc) is 3.09. The van der Waals surface area contributed by atoms with Gasteiger partial charge in [0, 0.05) is 33.3 Å². The average molecular weight is 640 g/mol. The molecule has 0 bridgehead atoms. The molecule has 0 aromatic heterocycles. The van der Waals surface area contributed by atoms with Crippen LogP contribution in [0.15, 0.2) is 161 Å². The summed E-state index contributed by atoms with van der Waals surface area (Å²) >= 11 is 9.22. The van der Waals surface area contributed by atoms with Crippen molar-refractivity contribution in [2.45, 2.75) is 44.9 Å². The Morgan fingerprint density at radius 2 is 1.24 bits per heavy atom. The number of hydrogen-bond donors (Lipinski definition) is 0. The molecule has 0 radical (unpaired) electrons. The summed E-state index contributed by atoms with van der Waals surface area (Å²) in [7, 11) is 0. The predicted molar refractivity (Wildman–Crippen MR) is 200 cm³/mol. The number of benzene rings is 5. The van der Waals surface area contributed by atoms with Gasteiger partial charge in [0.05, 0.1) is 21.4 Å². The Bertz CT molecular complexity index is 1840. The molecule has 0 atom stereocenters. The van der Waals surface area contributed by atoms with Crippen LogP contribution in [0.5, 0.6) is 0 Å². The van der Waals surface area contributed by atoms with Crippen molar-refractivity contribution in [3.05, 3.63) is 161 Å². The summed E-state index contributed by atoms with van der Waals surface area (Å²) in [6, 6.07) is 44.1. The highest BCUT2D eigenvalue weighted by molar-refractivity contribution is 8.14. The summed E-state index contributed by atoms with van der Waals surface area (Å²) in [4.78, 5) is 10.8. The standard InChI is InChI=1S/C41H38ClN3S/c1-4-40(43-36-24-15-14-17-30(36)2)46-39-28-27-35(29-31(39)3)45(34-22-12-7-13-23-34)38-26-16-25-37(41(38)42)44(32-18-8-5-9-19-32)33-20-10-6-11-21-33/h5-14,16-23,25-29H,4,15,24H2,1-3H3/b43-40+. The summed E-state index contributed by atoms with van der Waals surface area (Å²) < 4.78 is 0. The van der Waals surface area contributed by atoms with Crippen molar-refractivity contribution in [1.82, 2.24) is 0 Å². The van der Waals surface area contributed by atoms with Gasteiger partial charge in [0.15, 0.2) is 0 Å². The number of nitrogens with zero attached hydrogens (tertiary/aromatic N) is 3. The molecule has 230 valence electrons. The molecule has 0 heterocycles. The van der Waals surface area contributed by atoms with Crippen molar-refractivity contribution in [2.75, 3.05) is 9.80 Å². The first kappa shape index (κ1) is 31.5. The van der Waals surface area contributed by atoms with Crippen LogP contribution in [0.25, 0.3) is 0 Å². The molecule has 5 aromatic rings. The molecule has 1 aliphatic rings. The summed E-state index contributed by atoms with van der Waals surface area (Å²) in [6.45, 7) is 6.52. The minimum Gasteiger partial charge on any atom is -0.309 e. The smallest absolute Gasteiger partial charge is 0.0887 e. The summed E-state index contributed by atoms with van der Waals surface area (Å²) in [5, 5.41) is 1.80. The van der Waals surface area contributed by atoms with Crippen LogP contribution in [-0.4, -0.2) is 5.04 Å². The van der Waals surface area contributed by atoms with Crippen molar-refractivity contribution in [1.29, 1.82) is 0 Å². The lowest BCUT2D eigenvalue weighted by Crippen LogP contribution is -2.14. The Hall–Kier alpha value is -4.51. The van der Waals surface area contributed by atoms with E-state index >= 15 is 0 Å². The van der Waals surface area contributed by atoms with Gasteiger partial charge >= 0.3 is 0 Å². The zero-order chi connectivity index (χ0) is 31.9. The highest BCUT2D eigenvalue weighted by Gasteiger charge is 2.22. The molecule has 0 fully saturated rings. The molecule has 0 aliphatic heterocycles. The molecule has 0 spiro atoms. The molecule has 0 amide bonds. The third-order valence-electron chi connectivity index (χ3n) is 8.06. The maximum absolute atomic E-state index is 7.45. The van der Waals surface area contributed by atoms with Crippen LogP contribution in [0.1, 0.15) is 38.7 Å². The van der Waals surface area contributed by atoms with Crippen LogP contribution in [-0.2, 0) is 0 Å². The molecule has 0 unspecified atom stereocenters. The van der Waals surface area contributed by atoms with E-state index in [0.29, 0.717) is 5.02 Å². The second-order valence-corrected chi connectivity index (χ2v) is 12.8. The quantitative estimate of drug-likeness (QED) is 0.0908. The van der Waals surface area contributed by atoms with E-state index in [1.165, 1.54) is 21.7 Å². The lowest BCUT2D eigenvalue weighted by molar-refractivity contribution is 0.921. The minimum absolute atomic E-state index is 0.667. The molecule has 0 saturated carbocycles. The number of halogens is 1. The highest BCUT2D eigenvalue weighted by atomic mass is 35.5. The second-order valence-electron chi connectivity index (χ2n) is 11.3. The van der Waals surface area contributed by atoms with E-state index in [1.807, 2.05) is 18.2 Å². The van der Waals surface area contributed by atoms with Gasteiger partial charge in [0.25, 0.3) is 0 Å². The number of para-hydroxylation sites is 3. The van der Waals surface area contributed by atoms with Crippen molar-refractivity contribution in [3.8, 4) is 0 Å². The zero-order valence-electron chi connectivity index (χ0n) is 26.5. The Morgan fingerprint density at radius 1 is 0.696 bits per heavy atom. The van der Waals surface area contributed by atoms with Crippen LogP contribution in [0, 0.1) is 6.92 Å². The first-order valence-electron chi connectivity index (χ1n) is 15.8. The molecule has 0 saturated heterocycles. The maximum Gasteiger partial charge on any atom is 0.0887 e. The van der Waals surface area contributed by atoms with Crippen LogP contribution in [0.2, 0.25) is 5.02 Å². The molecule has 1 aliphatic carbocycles. The van der Waals surface area contributed by atoms with Crippen molar-refractivity contribution >= 4 is 62.5 Å². The van der Waals surface area contributed by atoms with E-state index in [1.54, 1.807) is 11.8 Å². The number of anilines is 6. The van der Waals surface area contributed by atoms with Gasteiger partial charge in [0.1, 0.15) is 0 Å². The SMILES string of the molecule is CC/C(=N\C1=C(C)C=CCC1)Sc1ccc(N(c2ccccc2)c2cccc(N(c3ccccc3)c3ccccc3)c2Cl)cc1C. The van der Waals surface area contributed by atoms with E-state index < -0.39 is 0 Å². The molecule has 46 heavy (non-hydrogen) atoms. The van der Waals surface area contributed by atoms with Gasteiger partial charge in [-0.2, -0.15) is 0 Å². The molecule has 3 nitrogen and oxygen atoms in total. The lowest BCUT2D eigenvalue weighted by Gasteiger charge is -2.31. The van der Waals surface area contributed by atoms with Crippen LogP contribution in [0.4, 0.5) is 34.1 Å². The largest absolute Gasteiger partial charge is 0.309 e. The Morgan fingerprint density at radius 3 is 1.74 bits per heavy atom. The van der Waals surface area contributed by atoms with E-state index in [9.17, 15) is 0 Å². The summed E-state index contributed by atoms with van der Waals surface area (Å²) in [5.74, 6) is 0. The molecular weight excluding hydrogens is 602 g/mol. The van der Waals surface area contributed by atoms with Gasteiger partial charge in [-0.1, -0.05) is 103 Å². The van der Waals surface area contributed by atoms with Gasteiger partial charge in [-0.3, -0.25) is 4.99 Å². The summed E-state index contributed by atoms with van der Waals surface area (Å²) in [6.07, 6.45) is 7.38. The third kappa shape index (κ3) is 6.99. The fourth-order valence-corrected chi connectivity index (χ4v) is 6.90. The molecule has 5 aromatic carbocycles. The molecule has 6 rings (SSSR count). The normalized spacial score (nSPS) is 13.2. The highest BCUT2D eigenvalue weighted by Crippen LogP contribution is 2.47. The number of thioether (sulfide) groups is 1. The first-order chi connectivity index (χ1) is 22.5. The Kier molecular flexibility index (Phi) is 10.1. The molecular formula is C41H38ClN3S. The Balaban J connectivity index is 1.42. The number of aryl methyl sites for hydroxylation is 1. The van der Waals surface area contributed by atoms with Gasteiger partial charge < -0.3 is 9.80 Å². The Labute approximate surface area is 282 Å². The monoisotopic (exact) mass is 639 g/mol. The van der Waals surface area contributed by atoms with Crippen LogP contribution >= 0.6 is 23.4 Å². The fraction of sp³-hybridized carbons (Fsp3) is 0.146. The topological polar surface area (TPSA) is 18.8 Å². The molecule has 5 heteroatoms. The van der Waals surface area contributed by atoms with Crippen LogP contribution < -0.4 is 9.80 Å². The molecule has 0 N–H and O–H groups in total. The van der Waals surface area contributed by atoms with Crippen molar-refractivity contribution < 1.29 is 0 Å².